The predicted molar refractivity (Wildman–Crippen MR) is 116 cm³/mol. The van der Waals surface area contributed by atoms with E-state index in [2.05, 4.69) is 33.9 Å². The number of carbonyl (C=O) groups is 3. The second kappa shape index (κ2) is 7.44. The van der Waals surface area contributed by atoms with Crippen molar-refractivity contribution in [3.8, 4) is 5.75 Å². The Kier molecular flexibility index (Phi) is 5.87. The Labute approximate surface area is 173 Å². The smallest absolute Gasteiger partial charge is 0.419 e. The maximum absolute atomic E-state index is 12.8. The molecule has 0 spiro atoms. The lowest BCUT2D eigenvalue weighted by atomic mass is 10.2. The van der Waals surface area contributed by atoms with Crippen LogP contribution in [0.25, 0.3) is 10.9 Å². The molecule has 0 amide bonds. The minimum absolute atomic E-state index is 0.00812. The third-order valence-corrected chi connectivity index (χ3v) is 9.44. The lowest BCUT2D eigenvalue weighted by molar-refractivity contribution is -0.113. The van der Waals surface area contributed by atoms with E-state index < -0.39 is 31.6 Å². The number of ketones is 2. The summed E-state index contributed by atoms with van der Waals surface area (Å²) in [5, 5.41) is 0.664. The quantitative estimate of drug-likeness (QED) is 0.369. The first kappa shape index (κ1) is 22.9. The molecule has 0 bridgehead atoms. The Morgan fingerprint density at radius 1 is 0.966 bits per heavy atom. The Morgan fingerprint density at radius 3 is 2.03 bits per heavy atom. The predicted octanol–water partition coefficient (Wildman–Crippen LogP) is 5.58. The van der Waals surface area contributed by atoms with Crippen molar-refractivity contribution in [1.82, 2.24) is 4.57 Å². The second-order valence-electron chi connectivity index (χ2n) is 9.81. The van der Waals surface area contributed by atoms with Gasteiger partial charge < -0.3 is 9.16 Å². The molecule has 7 heteroatoms. The topological polar surface area (TPSA) is 74.6 Å². The third kappa shape index (κ3) is 4.96. The summed E-state index contributed by atoms with van der Waals surface area (Å²) in [6.45, 7) is 17.2. The highest BCUT2D eigenvalue weighted by atomic mass is 28.4. The van der Waals surface area contributed by atoms with E-state index in [-0.39, 0.29) is 10.7 Å². The zero-order valence-electron chi connectivity index (χ0n) is 18.8. The maximum Gasteiger partial charge on any atom is 0.419 e. The molecule has 0 aliphatic rings. The number of Topliss-reactive ketones (excluding diaryl/α,β-unsaturated/α-hetero) is 2. The van der Waals surface area contributed by atoms with Crippen molar-refractivity contribution < 1.29 is 23.5 Å². The van der Waals surface area contributed by atoms with Crippen molar-refractivity contribution in [3.05, 3.63) is 30.0 Å². The van der Waals surface area contributed by atoms with Crippen LogP contribution in [0, 0.1) is 0 Å². The van der Waals surface area contributed by atoms with Crippen LogP contribution in [-0.4, -0.2) is 36.1 Å². The van der Waals surface area contributed by atoms with Crippen LogP contribution in [0.15, 0.2) is 24.3 Å². The highest BCUT2D eigenvalue weighted by molar-refractivity contribution is 6.74. The molecule has 1 aromatic carbocycles. The summed E-state index contributed by atoms with van der Waals surface area (Å²) in [5.74, 6) is -0.707. The van der Waals surface area contributed by atoms with Gasteiger partial charge in [0.05, 0.1) is 5.52 Å². The van der Waals surface area contributed by atoms with Crippen LogP contribution < -0.4 is 4.43 Å². The Balaban J connectivity index is 2.60. The first-order chi connectivity index (χ1) is 13.0. The van der Waals surface area contributed by atoms with Crippen LogP contribution in [0.2, 0.25) is 18.1 Å². The number of rotatable bonds is 4. The van der Waals surface area contributed by atoms with Crippen molar-refractivity contribution in [2.45, 2.75) is 72.2 Å². The van der Waals surface area contributed by atoms with Crippen LogP contribution in [0.1, 0.15) is 59.0 Å². The standard InChI is InChI=1S/C22H31NO5Si/c1-14(24)19(25)18-13-15-12-16(28-29(8,9)22(5,6)7)10-11-17(15)23(18)20(26)27-21(2,3)4/h10-13H,1-9H3. The van der Waals surface area contributed by atoms with E-state index in [1.54, 1.807) is 45.0 Å². The Bertz CT molecular complexity index is 973. The van der Waals surface area contributed by atoms with E-state index >= 15 is 0 Å². The van der Waals surface area contributed by atoms with E-state index in [1.165, 1.54) is 11.5 Å². The number of hydrogen-bond donors (Lipinski definition) is 0. The van der Waals surface area contributed by atoms with E-state index in [9.17, 15) is 14.4 Å². The first-order valence-corrected chi connectivity index (χ1v) is 12.6. The summed E-state index contributed by atoms with van der Waals surface area (Å²) in [6, 6.07) is 6.85. The Morgan fingerprint density at radius 2 is 1.55 bits per heavy atom. The molecule has 0 saturated carbocycles. The lowest BCUT2D eigenvalue weighted by Crippen LogP contribution is -2.43. The zero-order chi connectivity index (χ0) is 22.4. The van der Waals surface area contributed by atoms with Gasteiger partial charge >= 0.3 is 6.09 Å². The summed E-state index contributed by atoms with van der Waals surface area (Å²) in [4.78, 5) is 36.9. The zero-order valence-corrected chi connectivity index (χ0v) is 19.8. The minimum Gasteiger partial charge on any atom is -0.543 e. The number of benzene rings is 1. The average molecular weight is 418 g/mol. The molecule has 0 fully saturated rings. The molecule has 6 nitrogen and oxygen atoms in total. The number of fused-ring (bicyclic) bond motifs is 1. The molecule has 2 rings (SSSR count). The lowest BCUT2D eigenvalue weighted by Gasteiger charge is -2.36. The molecule has 0 saturated heterocycles. The number of ether oxygens (including phenoxy) is 1. The van der Waals surface area contributed by atoms with Crippen LogP contribution in [0.4, 0.5) is 4.79 Å². The van der Waals surface area contributed by atoms with Gasteiger partial charge in [-0.15, -0.1) is 0 Å². The average Bonchev–Trinajstić information content (AvgIpc) is 2.89. The third-order valence-electron chi connectivity index (χ3n) is 5.08. The van der Waals surface area contributed by atoms with Gasteiger partial charge in [-0.3, -0.25) is 9.59 Å². The molecule has 29 heavy (non-hydrogen) atoms. The van der Waals surface area contributed by atoms with E-state index in [4.69, 9.17) is 9.16 Å². The highest BCUT2D eigenvalue weighted by Gasteiger charge is 2.39. The summed E-state index contributed by atoms with van der Waals surface area (Å²) in [7, 11) is -2.05. The molecule has 1 aromatic heterocycles. The number of aromatic nitrogens is 1. The summed E-state index contributed by atoms with van der Waals surface area (Å²) >= 11 is 0. The Hall–Kier alpha value is -2.41. The number of nitrogens with zero attached hydrogens (tertiary/aromatic N) is 1. The highest BCUT2D eigenvalue weighted by Crippen LogP contribution is 2.38. The van der Waals surface area contributed by atoms with Gasteiger partial charge in [0.25, 0.3) is 0 Å². The fourth-order valence-electron chi connectivity index (χ4n) is 2.56. The van der Waals surface area contributed by atoms with Gasteiger partial charge in [0.2, 0.25) is 19.9 Å². The van der Waals surface area contributed by atoms with E-state index in [0.717, 1.165) is 0 Å². The largest absolute Gasteiger partial charge is 0.543 e. The minimum atomic E-state index is -2.05. The van der Waals surface area contributed by atoms with Gasteiger partial charge in [0.1, 0.15) is 17.0 Å². The van der Waals surface area contributed by atoms with Gasteiger partial charge in [-0.2, -0.15) is 0 Å². The van der Waals surface area contributed by atoms with Gasteiger partial charge in [-0.1, -0.05) is 20.8 Å². The van der Waals surface area contributed by atoms with Gasteiger partial charge in [0.15, 0.2) is 0 Å². The normalized spacial score (nSPS) is 12.7. The molecule has 0 aliphatic heterocycles. The number of carbonyl (C=O) groups excluding carboxylic acids is 3. The summed E-state index contributed by atoms with van der Waals surface area (Å²) < 4.78 is 13.0. The van der Waals surface area contributed by atoms with Gasteiger partial charge in [-0.25, -0.2) is 9.36 Å². The molecule has 0 N–H and O–H groups in total. The fourth-order valence-corrected chi connectivity index (χ4v) is 3.58. The van der Waals surface area contributed by atoms with Crippen LogP contribution in [0.5, 0.6) is 5.75 Å². The number of hydrogen-bond acceptors (Lipinski definition) is 5. The second-order valence-corrected chi connectivity index (χ2v) is 14.5. The van der Waals surface area contributed by atoms with Crippen molar-refractivity contribution in [3.63, 3.8) is 0 Å². The van der Waals surface area contributed by atoms with Crippen molar-refractivity contribution >= 4 is 36.9 Å². The summed E-state index contributed by atoms with van der Waals surface area (Å²) in [6.07, 6.45) is -0.699. The molecule has 2 aromatic rings. The molecule has 1 heterocycles. The van der Waals surface area contributed by atoms with Crippen molar-refractivity contribution in [1.29, 1.82) is 0 Å². The molecule has 158 valence electrons. The van der Waals surface area contributed by atoms with Crippen LogP contribution >= 0.6 is 0 Å². The maximum atomic E-state index is 12.8. The fraction of sp³-hybridized carbons (Fsp3) is 0.500. The molecular weight excluding hydrogens is 386 g/mol. The van der Waals surface area contributed by atoms with Crippen LogP contribution in [-0.2, 0) is 9.53 Å². The monoisotopic (exact) mass is 417 g/mol. The molecular formula is C22H31NO5Si. The van der Waals surface area contributed by atoms with E-state index in [0.29, 0.717) is 16.7 Å². The SMILES string of the molecule is CC(=O)C(=O)c1cc2cc(O[Si](C)(C)C(C)(C)C)ccc2n1C(=O)OC(C)(C)C. The van der Waals surface area contributed by atoms with Crippen molar-refractivity contribution in [2.75, 3.05) is 0 Å². The van der Waals surface area contributed by atoms with E-state index in [1.807, 2.05) is 0 Å². The van der Waals surface area contributed by atoms with Crippen LogP contribution in [0.3, 0.4) is 0 Å². The van der Waals surface area contributed by atoms with Gasteiger partial charge in [-0.05, 0) is 63.2 Å². The molecule has 0 aliphatic carbocycles. The molecule has 0 atom stereocenters. The van der Waals surface area contributed by atoms with Crippen molar-refractivity contribution in [2.24, 2.45) is 0 Å². The van der Waals surface area contributed by atoms with Gasteiger partial charge in [0, 0.05) is 12.3 Å². The first-order valence-electron chi connectivity index (χ1n) is 9.67. The molecule has 0 unspecified atom stereocenters. The summed E-state index contributed by atoms with van der Waals surface area (Å²) in [5.41, 5.74) is -0.257. The molecule has 0 radical (unpaired) electrons.